The van der Waals surface area contributed by atoms with Crippen LogP contribution in [0.2, 0.25) is 0 Å². The number of benzene rings is 2. The number of ketones is 1. The number of fused-ring (bicyclic) bond motifs is 1. The Labute approximate surface area is 150 Å². The summed E-state index contributed by atoms with van der Waals surface area (Å²) in [5.74, 6) is 0.261. The molecule has 22 heavy (non-hydrogen) atoms. The Hall–Kier alpha value is -1.18. The predicted octanol–water partition coefficient (Wildman–Crippen LogP) is -0.699. The van der Waals surface area contributed by atoms with Gasteiger partial charge in [0.05, 0.1) is 16.9 Å². The van der Waals surface area contributed by atoms with Crippen LogP contribution in [0.15, 0.2) is 53.4 Å². The standard InChI is InChI=1S/C15H12O5S.Na/c16-12-9-14(20-13-7-3-1-5-10(12)13)11-6-2-4-8-15(11)21(17,18)19;/h1-8,14H,9H2,(H,17,18,19);/q;+1/p-1. The van der Waals surface area contributed by atoms with Crippen molar-refractivity contribution < 1.29 is 52.1 Å². The monoisotopic (exact) mass is 326 g/mol. The molecule has 0 amide bonds. The maximum atomic E-state index is 12.1. The molecule has 3 rings (SSSR count). The summed E-state index contributed by atoms with van der Waals surface area (Å²) in [4.78, 5) is 11.8. The zero-order valence-corrected chi connectivity index (χ0v) is 14.7. The van der Waals surface area contributed by atoms with Crippen LogP contribution >= 0.6 is 0 Å². The van der Waals surface area contributed by atoms with Crippen molar-refractivity contribution in [2.45, 2.75) is 17.4 Å². The summed E-state index contributed by atoms with van der Waals surface area (Å²) >= 11 is 0. The topological polar surface area (TPSA) is 83.5 Å². The normalized spacial score (nSPS) is 17.1. The molecule has 1 aliphatic heterocycles. The van der Waals surface area contributed by atoms with E-state index in [9.17, 15) is 17.8 Å². The minimum Gasteiger partial charge on any atom is -0.744 e. The second kappa shape index (κ2) is 6.52. The molecule has 0 radical (unpaired) electrons. The van der Waals surface area contributed by atoms with Crippen molar-refractivity contribution in [3.8, 4) is 5.75 Å². The minimum atomic E-state index is -4.62. The molecule has 2 aromatic rings. The largest absolute Gasteiger partial charge is 1.00 e. The molecule has 0 spiro atoms. The third-order valence-electron chi connectivity index (χ3n) is 3.36. The molecule has 0 aliphatic carbocycles. The van der Waals surface area contributed by atoms with E-state index >= 15 is 0 Å². The number of para-hydroxylation sites is 1. The van der Waals surface area contributed by atoms with Gasteiger partial charge in [-0.15, -0.1) is 0 Å². The quantitative estimate of drug-likeness (QED) is 0.538. The molecule has 1 aliphatic rings. The van der Waals surface area contributed by atoms with E-state index in [4.69, 9.17) is 4.74 Å². The van der Waals surface area contributed by atoms with E-state index in [1.807, 2.05) is 0 Å². The zero-order chi connectivity index (χ0) is 15.0. The van der Waals surface area contributed by atoms with E-state index in [2.05, 4.69) is 0 Å². The number of rotatable bonds is 2. The molecule has 0 bridgehead atoms. The molecule has 1 heterocycles. The number of ether oxygens (including phenoxy) is 1. The molecule has 0 aromatic heterocycles. The van der Waals surface area contributed by atoms with Crippen LogP contribution in [-0.2, 0) is 10.1 Å². The van der Waals surface area contributed by atoms with Gasteiger partial charge in [0.25, 0.3) is 0 Å². The molecule has 0 saturated carbocycles. The summed E-state index contributed by atoms with van der Waals surface area (Å²) in [6, 6.07) is 12.6. The van der Waals surface area contributed by atoms with Crippen molar-refractivity contribution in [3.05, 3.63) is 59.7 Å². The molecule has 7 heteroatoms. The van der Waals surface area contributed by atoms with Crippen molar-refractivity contribution in [1.82, 2.24) is 0 Å². The molecule has 108 valence electrons. The van der Waals surface area contributed by atoms with E-state index in [0.717, 1.165) is 0 Å². The molecule has 2 aromatic carbocycles. The SMILES string of the molecule is O=C1CC(c2ccccc2S(=O)(=O)[O-])Oc2ccccc21.[Na+]. The first kappa shape index (κ1) is 17.2. The Bertz CT molecular complexity index is 816. The summed E-state index contributed by atoms with van der Waals surface area (Å²) in [6.07, 6.45) is -0.767. The van der Waals surface area contributed by atoms with Crippen LogP contribution in [-0.4, -0.2) is 18.8 Å². The Morgan fingerprint density at radius 3 is 2.41 bits per heavy atom. The van der Waals surface area contributed by atoms with Crippen LogP contribution in [0.3, 0.4) is 0 Å². The van der Waals surface area contributed by atoms with Crippen molar-refractivity contribution in [1.29, 1.82) is 0 Å². The minimum absolute atomic E-state index is 0. The van der Waals surface area contributed by atoms with Crippen molar-refractivity contribution >= 4 is 15.9 Å². The molecular weight excluding hydrogens is 315 g/mol. The average molecular weight is 326 g/mol. The summed E-state index contributed by atoms with van der Waals surface area (Å²) in [5, 5.41) is 0. The van der Waals surface area contributed by atoms with Gasteiger partial charge in [-0.05, 0) is 18.2 Å². The molecule has 1 unspecified atom stereocenters. The fraction of sp³-hybridized carbons (Fsp3) is 0.133. The summed E-state index contributed by atoms with van der Waals surface area (Å²) in [7, 11) is -4.62. The van der Waals surface area contributed by atoms with Gasteiger partial charge in [0, 0.05) is 5.56 Å². The summed E-state index contributed by atoms with van der Waals surface area (Å²) in [5.41, 5.74) is 0.687. The second-order valence-electron chi connectivity index (χ2n) is 4.72. The van der Waals surface area contributed by atoms with Gasteiger partial charge in [0.15, 0.2) is 5.78 Å². The number of Topliss-reactive ketones (excluding diaryl/α,β-unsaturated/α-hetero) is 1. The van der Waals surface area contributed by atoms with Gasteiger partial charge < -0.3 is 9.29 Å². The van der Waals surface area contributed by atoms with Gasteiger partial charge in [-0.3, -0.25) is 4.79 Å². The van der Waals surface area contributed by atoms with Gasteiger partial charge in [-0.1, -0.05) is 30.3 Å². The zero-order valence-electron chi connectivity index (χ0n) is 11.9. The molecule has 5 nitrogen and oxygen atoms in total. The third-order valence-corrected chi connectivity index (χ3v) is 4.27. The van der Waals surface area contributed by atoms with Crippen molar-refractivity contribution in [2.24, 2.45) is 0 Å². The molecule has 1 atom stereocenters. The maximum Gasteiger partial charge on any atom is 1.00 e. The van der Waals surface area contributed by atoms with E-state index in [1.54, 1.807) is 30.3 Å². The molecular formula is C15H11NaO5S. The fourth-order valence-corrected chi connectivity index (χ4v) is 3.15. The Balaban J connectivity index is 0.00000176. The predicted molar refractivity (Wildman–Crippen MR) is 73.2 cm³/mol. The fourth-order valence-electron chi connectivity index (χ4n) is 2.42. The van der Waals surface area contributed by atoms with Crippen LogP contribution in [0.25, 0.3) is 0 Å². The molecule has 0 fully saturated rings. The third kappa shape index (κ3) is 3.26. The average Bonchev–Trinajstić information content (AvgIpc) is 2.46. The van der Waals surface area contributed by atoms with Gasteiger partial charge in [0.1, 0.15) is 22.0 Å². The van der Waals surface area contributed by atoms with Gasteiger partial charge in [0.2, 0.25) is 0 Å². The number of hydrogen-bond donors (Lipinski definition) is 0. The first-order chi connectivity index (χ1) is 9.97. The first-order valence-corrected chi connectivity index (χ1v) is 7.71. The Kier molecular flexibility index (Phi) is 5.09. The van der Waals surface area contributed by atoms with Gasteiger partial charge in [-0.2, -0.15) is 0 Å². The number of hydrogen-bond acceptors (Lipinski definition) is 5. The van der Waals surface area contributed by atoms with Crippen molar-refractivity contribution in [2.75, 3.05) is 0 Å². The van der Waals surface area contributed by atoms with Crippen molar-refractivity contribution in [3.63, 3.8) is 0 Å². The molecule has 0 N–H and O–H groups in total. The van der Waals surface area contributed by atoms with Crippen LogP contribution < -0.4 is 34.3 Å². The maximum absolute atomic E-state index is 12.1. The first-order valence-electron chi connectivity index (χ1n) is 6.30. The van der Waals surface area contributed by atoms with Crippen LogP contribution in [0, 0.1) is 0 Å². The number of carbonyl (C=O) groups excluding carboxylic acids is 1. The Morgan fingerprint density at radius 1 is 1.05 bits per heavy atom. The second-order valence-corrected chi connectivity index (χ2v) is 6.07. The van der Waals surface area contributed by atoms with E-state index in [-0.39, 0.29) is 52.2 Å². The van der Waals surface area contributed by atoms with Crippen LogP contribution in [0.1, 0.15) is 28.4 Å². The Morgan fingerprint density at radius 2 is 1.68 bits per heavy atom. The van der Waals surface area contributed by atoms with E-state index in [1.165, 1.54) is 18.2 Å². The van der Waals surface area contributed by atoms with Crippen LogP contribution in [0.4, 0.5) is 0 Å². The summed E-state index contributed by atoms with van der Waals surface area (Å²) < 4.78 is 39.7. The van der Waals surface area contributed by atoms with Gasteiger partial charge in [-0.25, -0.2) is 8.42 Å². The van der Waals surface area contributed by atoms with E-state index < -0.39 is 16.2 Å². The summed E-state index contributed by atoms with van der Waals surface area (Å²) in [6.45, 7) is 0. The molecule has 0 saturated heterocycles. The van der Waals surface area contributed by atoms with E-state index in [0.29, 0.717) is 11.3 Å². The van der Waals surface area contributed by atoms with Gasteiger partial charge >= 0.3 is 29.6 Å². The van der Waals surface area contributed by atoms with Crippen LogP contribution in [0.5, 0.6) is 5.75 Å². The smallest absolute Gasteiger partial charge is 0.744 e. The number of carbonyl (C=O) groups is 1.